The topological polar surface area (TPSA) is 114 Å². The van der Waals surface area contributed by atoms with Crippen LogP contribution < -0.4 is 10.2 Å². The van der Waals surface area contributed by atoms with Gasteiger partial charge >= 0.3 is 32.3 Å². The third kappa shape index (κ3) is 18.4. The first-order valence-electron chi connectivity index (χ1n) is 1.47. The average molecular weight is 358 g/mol. The molecule has 0 N–H and O–H groups in total. The Kier molecular flexibility index (Phi) is 9.61. The zero-order valence-electron chi connectivity index (χ0n) is 3.95. The predicted octanol–water partition coefficient (Wildman–Crippen LogP) is -3.75. The molecule has 0 spiro atoms. The van der Waals surface area contributed by atoms with E-state index in [-0.39, 0.29) is 0 Å². The van der Waals surface area contributed by atoms with E-state index < -0.39 is 39.8 Å². The maximum absolute atomic E-state index is 8.93. The Bertz CT molecular complexity index is 131. The molecule has 0 saturated heterocycles. The Labute approximate surface area is 64.1 Å². The molecular weight excluding hydrogens is 358 g/mol. The van der Waals surface area contributed by atoms with Gasteiger partial charge in [-0.1, -0.05) is 0 Å². The quantitative estimate of drug-likeness (QED) is 0.411. The van der Waals surface area contributed by atoms with Crippen LogP contribution in [0.5, 0.6) is 0 Å². The minimum absolute atomic E-state index is 2.19. The van der Waals surface area contributed by atoms with Crippen molar-refractivity contribution < 1.29 is 52.1 Å². The molecular formula is C2O6U. The minimum atomic E-state index is -2.51. The Morgan fingerprint density at radius 2 is 1.11 bits per heavy atom. The molecule has 6 nitrogen and oxygen atoms in total. The van der Waals surface area contributed by atoms with Gasteiger partial charge in [0.1, 0.15) is 0 Å². The van der Waals surface area contributed by atoms with E-state index >= 15 is 0 Å². The molecule has 0 radical (unpaired) electrons. The summed E-state index contributed by atoms with van der Waals surface area (Å²) in [5.74, 6) is -4.37. The van der Waals surface area contributed by atoms with Gasteiger partial charge in [0.05, 0.1) is 11.9 Å². The van der Waals surface area contributed by atoms with Gasteiger partial charge in [-0.05, 0) is 0 Å². The van der Waals surface area contributed by atoms with Crippen LogP contribution in [0.1, 0.15) is 0 Å². The van der Waals surface area contributed by atoms with Crippen molar-refractivity contribution in [2.75, 3.05) is 0 Å². The molecule has 48 valence electrons. The molecule has 0 rings (SSSR count). The van der Waals surface area contributed by atoms with Crippen LogP contribution in [0.25, 0.3) is 0 Å². The molecule has 0 aliphatic rings. The van der Waals surface area contributed by atoms with Gasteiger partial charge in [-0.25, -0.2) is 0 Å². The number of carbonyl (C=O) groups excluding carboxylic acids is 2. The van der Waals surface area contributed by atoms with E-state index in [1.54, 1.807) is 0 Å². The molecule has 0 aromatic heterocycles. The van der Waals surface area contributed by atoms with E-state index in [1.807, 2.05) is 0 Å². The second kappa shape index (κ2) is 7.59. The van der Waals surface area contributed by atoms with Crippen molar-refractivity contribution in [3.8, 4) is 0 Å². The summed E-state index contributed by atoms with van der Waals surface area (Å²) in [7, 11) is 0. The summed E-state index contributed by atoms with van der Waals surface area (Å²) >= 11 is -2.51. The van der Waals surface area contributed by atoms with Crippen molar-refractivity contribution in [1.29, 1.82) is 0 Å². The first-order valence-corrected chi connectivity index (χ1v) is 4.87. The van der Waals surface area contributed by atoms with Gasteiger partial charge in [-0.3, -0.25) is 0 Å². The van der Waals surface area contributed by atoms with Crippen molar-refractivity contribution in [2.24, 2.45) is 0 Å². The Balaban J connectivity index is 0. The molecule has 0 aliphatic carbocycles. The Hall–Kier alpha value is -0.408. The van der Waals surface area contributed by atoms with Gasteiger partial charge in [-0.2, -0.15) is 0 Å². The fourth-order valence-corrected chi connectivity index (χ4v) is 0. The van der Waals surface area contributed by atoms with E-state index in [9.17, 15) is 0 Å². The van der Waals surface area contributed by atoms with E-state index in [0.717, 1.165) is 0 Å². The van der Waals surface area contributed by atoms with Crippen LogP contribution in [0, 0.1) is 27.8 Å². The summed E-state index contributed by atoms with van der Waals surface area (Å²) in [6.07, 6.45) is 0. The number of carboxylic acid groups (broad SMARTS) is 2. The van der Waals surface area contributed by atoms with Gasteiger partial charge in [0.25, 0.3) is 0 Å². The molecule has 0 aliphatic heterocycles. The van der Waals surface area contributed by atoms with Crippen LogP contribution in [0.2, 0.25) is 0 Å². The molecule has 0 saturated carbocycles. The number of hydrogen-bond donors (Lipinski definition) is 0. The molecule has 0 atom stereocenters. The van der Waals surface area contributed by atoms with Crippen LogP contribution >= 0.6 is 0 Å². The monoisotopic (exact) mass is 358 g/mol. The summed E-state index contributed by atoms with van der Waals surface area (Å²) in [5.41, 5.74) is 0. The van der Waals surface area contributed by atoms with E-state index in [4.69, 9.17) is 24.3 Å². The van der Waals surface area contributed by atoms with Gasteiger partial charge in [0.2, 0.25) is 0 Å². The summed E-state index contributed by atoms with van der Waals surface area (Å²) in [6, 6.07) is 0. The maximum atomic E-state index is 8.93. The van der Waals surface area contributed by atoms with Crippen molar-refractivity contribution in [3.63, 3.8) is 0 Å². The van der Waals surface area contributed by atoms with Gasteiger partial charge in [-0.15, -0.1) is 0 Å². The zero-order valence-corrected chi connectivity index (χ0v) is 8.11. The first kappa shape index (κ1) is 11.4. The second-order valence-corrected chi connectivity index (χ2v) is 1.35. The van der Waals surface area contributed by atoms with Crippen molar-refractivity contribution in [1.82, 2.24) is 0 Å². The molecule has 0 aromatic carbocycles. The van der Waals surface area contributed by atoms with Gasteiger partial charge in [0.15, 0.2) is 0 Å². The number of aliphatic carboxylic acids is 2. The molecule has 0 amide bonds. The number of carbonyl (C=O) groups is 2. The zero-order chi connectivity index (χ0) is 7.86. The van der Waals surface area contributed by atoms with Crippen LogP contribution in [0.3, 0.4) is 0 Å². The van der Waals surface area contributed by atoms with Gasteiger partial charge in [0, 0.05) is 0 Å². The molecule has 0 fully saturated rings. The van der Waals surface area contributed by atoms with Gasteiger partial charge < -0.3 is 19.8 Å². The summed E-state index contributed by atoms with van der Waals surface area (Å²) in [4.78, 5) is 17.9. The summed E-state index contributed by atoms with van der Waals surface area (Å²) < 4.78 is 17.2. The predicted molar refractivity (Wildman–Crippen MR) is 11.4 cm³/mol. The molecule has 7 heteroatoms. The van der Waals surface area contributed by atoms with E-state index in [0.29, 0.717) is 0 Å². The molecule has 0 aromatic rings. The summed E-state index contributed by atoms with van der Waals surface area (Å²) in [6.45, 7) is 0. The van der Waals surface area contributed by atoms with Crippen LogP contribution in [0.4, 0.5) is 0 Å². The molecule has 9 heavy (non-hydrogen) atoms. The molecule has 0 bridgehead atoms. The third-order valence-electron chi connectivity index (χ3n) is 0.167. The first-order chi connectivity index (χ1) is 4.06. The number of carboxylic acids is 2. The third-order valence-corrected chi connectivity index (χ3v) is 0.167. The van der Waals surface area contributed by atoms with Crippen molar-refractivity contribution in [3.05, 3.63) is 0 Å². The number of hydrogen-bond acceptors (Lipinski definition) is 6. The summed E-state index contributed by atoms with van der Waals surface area (Å²) in [5, 5.41) is 17.9. The fourth-order valence-electron chi connectivity index (χ4n) is 0. The van der Waals surface area contributed by atoms with Crippen molar-refractivity contribution >= 4 is 11.9 Å². The van der Waals surface area contributed by atoms with Crippen LogP contribution in [-0.4, -0.2) is 11.9 Å². The fraction of sp³-hybridized carbons (Fsp3) is 0. The van der Waals surface area contributed by atoms with E-state index in [1.165, 1.54) is 0 Å². The Morgan fingerprint density at radius 1 is 1.00 bits per heavy atom. The van der Waals surface area contributed by atoms with Crippen LogP contribution in [-0.2, 0) is 14.1 Å². The molecule has 0 heterocycles. The number of rotatable bonds is 0. The second-order valence-electron chi connectivity index (χ2n) is 0.658. The molecule has 0 unspecified atom stereocenters. The van der Waals surface area contributed by atoms with Crippen molar-refractivity contribution in [2.45, 2.75) is 0 Å². The standard InChI is InChI=1S/C2H2O4.2O.U/c3-1(4)2(5)6;;;/h(H,3,4)(H,5,6);;;/q;;;+2/p-2. The van der Waals surface area contributed by atoms with Crippen LogP contribution in [0.15, 0.2) is 0 Å². The SMILES string of the molecule is O=C([O-])C(=O)[O-].[O]=[U+2]=[O]. The Morgan fingerprint density at radius 3 is 1.11 bits per heavy atom. The van der Waals surface area contributed by atoms with E-state index in [2.05, 4.69) is 0 Å². The average Bonchev–Trinajstić information content (AvgIpc) is 1.68. The normalized spacial score (nSPS) is 5.78.